The van der Waals surface area contributed by atoms with E-state index in [0.29, 0.717) is 12.2 Å². The van der Waals surface area contributed by atoms with E-state index in [2.05, 4.69) is 32.9 Å². The maximum Gasteiger partial charge on any atom is 0.290 e. The summed E-state index contributed by atoms with van der Waals surface area (Å²) in [6.07, 6.45) is 1.91. The number of hydrogen-bond donors (Lipinski definition) is 1. The molecule has 0 aliphatic rings. The van der Waals surface area contributed by atoms with Gasteiger partial charge in [-0.1, -0.05) is 44.2 Å². The van der Waals surface area contributed by atoms with Crippen LogP contribution >= 0.6 is 0 Å². The predicted molar refractivity (Wildman–Crippen MR) is 87.6 cm³/mol. The van der Waals surface area contributed by atoms with Gasteiger partial charge in [0.05, 0.1) is 5.69 Å². The molecule has 114 valence electrons. The molecular formula is C17H25N3O. The molecular weight excluding hydrogens is 262 g/mol. The minimum atomic E-state index is -0.0476. The second kappa shape index (κ2) is 6.66. The monoisotopic (exact) mass is 287 g/mol. The molecule has 0 aliphatic heterocycles. The van der Waals surface area contributed by atoms with Gasteiger partial charge in [0.1, 0.15) is 5.69 Å². The topological polar surface area (TPSA) is 52.9 Å². The molecule has 0 spiro atoms. The fourth-order valence-electron chi connectivity index (χ4n) is 2.88. The molecule has 0 radical (unpaired) electrons. The third kappa shape index (κ3) is 3.20. The molecule has 1 aromatic carbocycles. The van der Waals surface area contributed by atoms with E-state index in [1.54, 1.807) is 4.68 Å². The van der Waals surface area contributed by atoms with Crippen LogP contribution in [0.4, 0.5) is 5.69 Å². The summed E-state index contributed by atoms with van der Waals surface area (Å²) in [5, 5.41) is 0. The van der Waals surface area contributed by atoms with E-state index in [0.717, 1.165) is 25.1 Å². The first-order valence-electron chi connectivity index (χ1n) is 7.69. The van der Waals surface area contributed by atoms with E-state index >= 15 is 0 Å². The van der Waals surface area contributed by atoms with Crippen molar-refractivity contribution in [1.29, 1.82) is 0 Å². The third-order valence-electron chi connectivity index (χ3n) is 3.83. The maximum absolute atomic E-state index is 12.3. The van der Waals surface area contributed by atoms with Crippen LogP contribution in [0.2, 0.25) is 0 Å². The average molecular weight is 287 g/mol. The van der Waals surface area contributed by atoms with E-state index in [1.807, 2.05) is 22.9 Å². The molecule has 0 saturated carbocycles. The van der Waals surface area contributed by atoms with Gasteiger partial charge >= 0.3 is 0 Å². The summed E-state index contributed by atoms with van der Waals surface area (Å²) in [4.78, 5) is 12.3. The zero-order valence-corrected chi connectivity index (χ0v) is 13.2. The highest BCUT2D eigenvalue weighted by atomic mass is 16.1. The van der Waals surface area contributed by atoms with Crippen molar-refractivity contribution in [2.75, 3.05) is 5.73 Å². The van der Waals surface area contributed by atoms with Crippen molar-refractivity contribution < 1.29 is 0 Å². The Labute approximate surface area is 126 Å². The highest BCUT2D eigenvalue weighted by Gasteiger charge is 2.18. The Morgan fingerprint density at radius 2 is 1.81 bits per heavy atom. The average Bonchev–Trinajstić information content (AvgIpc) is 2.72. The quantitative estimate of drug-likeness (QED) is 0.888. The highest BCUT2D eigenvalue weighted by molar-refractivity contribution is 5.43. The third-order valence-corrected chi connectivity index (χ3v) is 3.83. The van der Waals surface area contributed by atoms with Crippen molar-refractivity contribution in [3.05, 3.63) is 51.9 Å². The van der Waals surface area contributed by atoms with Crippen LogP contribution in [0.3, 0.4) is 0 Å². The Morgan fingerprint density at radius 3 is 2.38 bits per heavy atom. The van der Waals surface area contributed by atoms with Crippen molar-refractivity contribution in [3.8, 4) is 0 Å². The standard InChI is InChI=1S/C17H25N3O/c1-4-19-16(13(2)3)15(18)17(21)20(19)12-8-11-14-9-6-5-7-10-14/h5-7,9-10,13H,4,8,11-12,18H2,1-3H3. The Hall–Kier alpha value is -1.97. The van der Waals surface area contributed by atoms with Gasteiger partial charge in [-0.3, -0.25) is 9.48 Å². The zero-order chi connectivity index (χ0) is 15.4. The lowest BCUT2D eigenvalue weighted by atomic mass is 10.1. The molecule has 4 nitrogen and oxygen atoms in total. The van der Waals surface area contributed by atoms with Gasteiger partial charge in [-0.15, -0.1) is 0 Å². The predicted octanol–water partition coefficient (Wildman–Crippen LogP) is 3.01. The van der Waals surface area contributed by atoms with Crippen LogP contribution in [0.5, 0.6) is 0 Å². The number of anilines is 1. The molecule has 0 fully saturated rings. The first kappa shape index (κ1) is 15.4. The van der Waals surface area contributed by atoms with E-state index in [9.17, 15) is 4.79 Å². The Morgan fingerprint density at radius 1 is 1.14 bits per heavy atom. The Bertz CT molecular complexity index is 638. The van der Waals surface area contributed by atoms with E-state index in [4.69, 9.17) is 5.73 Å². The fourth-order valence-corrected chi connectivity index (χ4v) is 2.88. The van der Waals surface area contributed by atoms with Gasteiger partial charge in [-0.2, -0.15) is 0 Å². The van der Waals surface area contributed by atoms with Crippen molar-refractivity contribution in [2.24, 2.45) is 0 Å². The normalized spacial score (nSPS) is 11.2. The lowest BCUT2D eigenvalue weighted by Crippen LogP contribution is -2.24. The van der Waals surface area contributed by atoms with Gasteiger partial charge < -0.3 is 5.73 Å². The molecule has 2 rings (SSSR count). The summed E-state index contributed by atoms with van der Waals surface area (Å²) < 4.78 is 3.83. The van der Waals surface area contributed by atoms with Gasteiger partial charge in [0.25, 0.3) is 5.56 Å². The highest BCUT2D eigenvalue weighted by Crippen LogP contribution is 2.20. The molecule has 0 unspecified atom stereocenters. The maximum atomic E-state index is 12.3. The molecule has 2 N–H and O–H groups in total. The molecule has 0 bridgehead atoms. The van der Waals surface area contributed by atoms with Gasteiger partial charge in [-0.25, -0.2) is 4.68 Å². The van der Waals surface area contributed by atoms with Crippen molar-refractivity contribution in [3.63, 3.8) is 0 Å². The molecule has 21 heavy (non-hydrogen) atoms. The van der Waals surface area contributed by atoms with Crippen LogP contribution in [0, 0.1) is 0 Å². The summed E-state index contributed by atoms with van der Waals surface area (Å²) in [5.41, 5.74) is 8.63. The van der Waals surface area contributed by atoms with E-state index < -0.39 is 0 Å². The van der Waals surface area contributed by atoms with Gasteiger partial charge in [0.2, 0.25) is 0 Å². The first-order chi connectivity index (χ1) is 10.1. The van der Waals surface area contributed by atoms with E-state index in [-0.39, 0.29) is 11.5 Å². The fraction of sp³-hybridized carbons (Fsp3) is 0.471. The van der Waals surface area contributed by atoms with Gasteiger partial charge in [0, 0.05) is 13.1 Å². The second-order valence-electron chi connectivity index (χ2n) is 5.69. The Balaban J connectivity index is 2.17. The van der Waals surface area contributed by atoms with Crippen molar-refractivity contribution >= 4 is 5.69 Å². The molecule has 0 saturated heterocycles. The van der Waals surface area contributed by atoms with Crippen LogP contribution in [-0.4, -0.2) is 9.36 Å². The largest absolute Gasteiger partial charge is 0.393 e. The van der Waals surface area contributed by atoms with Crippen LogP contribution in [0.1, 0.15) is 44.4 Å². The molecule has 4 heteroatoms. The van der Waals surface area contributed by atoms with Crippen LogP contribution in [0.15, 0.2) is 35.1 Å². The summed E-state index contributed by atoms with van der Waals surface area (Å²) in [6.45, 7) is 7.68. The molecule has 0 aliphatic carbocycles. The van der Waals surface area contributed by atoms with Gasteiger partial charge in [-0.05, 0) is 31.2 Å². The molecule has 2 aromatic rings. The minimum absolute atomic E-state index is 0.0476. The molecule has 0 atom stereocenters. The molecule has 1 heterocycles. The lowest BCUT2D eigenvalue weighted by molar-refractivity contribution is 0.428. The number of rotatable bonds is 6. The van der Waals surface area contributed by atoms with Crippen molar-refractivity contribution in [1.82, 2.24) is 9.36 Å². The van der Waals surface area contributed by atoms with Gasteiger partial charge in [0.15, 0.2) is 0 Å². The summed E-state index contributed by atoms with van der Waals surface area (Å²) in [6, 6.07) is 10.4. The summed E-state index contributed by atoms with van der Waals surface area (Å²) >= 11 is 0. The van der Waals surface area contributed by atoms with Crippen LogP contribution in [0.25, 0.3) is 0 Å². The number of nitrogens with zero attached hydrogens (tertiary/aromatic N) is 2. The minimum Gasteiger partial charge on any atom is -0.393 e. The first-order valence-corrected chi connectivity index (χ1v) is 7.69. The number of aryl methyl sites for hydroxylation is 1. The number of aromatic nitrogens is 2. The van der Waals surface area contributed by atoms with Crippen LogP contribution in [-0.2, 0) is 19.5 Å². The van der Waals surface area contributed by atoms with E-state index in [1.165, 1.54) is 5.56 Å². The number of nitrogen functional groups attached to an aromatic ring is 1. The second-order valence-corrected chi connectivity index (χ2v) is 5.69. The number of benzene rings is 1. The molecule has 0 amide bonds. The van der Waals surface area contributed by atoms with Crippen molar-refractivity contribution in [2.45, 2.75) is 52.6 Å². The summed E-state index contributed by atoms with van der Waals surface area (Å²) in [7, 11) is 0. The number of hydrogen-bond acceptors (Lipinski definition) is 2. The smallest absolute Gasteiger partial charge is 0.290 e. The molecule has 1 aromatic heterocycles. The SMILES string of the molecule is CCn1c(C(C)C)c(N)c(=O)n1CCCc1ccccc1. The Kier molecular flexibility index (Phi) is 4.89. The van der Waals surface area contributed by atoms with Crippen LogP contribution < -0.4 is 11.3 Å². The lowest BCUT2D eigenvalue weighted by Gasteiger charge is -2.15. The number of nitrogens with two attached hydrogens (primary N) is 1. The zero-order valence-electron chi connectivity index (χ0n) is 13.2. The summed E-state index contributed by atoms with van der Waals surface area (Å²) in [5.74, 6) is 0.257.